The Bertz CT molecular complexity index is 326. The van der Waals surface area contributed by atoms with Gasteiger partial charge in [0.1, 0.15) is 0 Å². The first-order valence-corrected chi connectivity index (χ1v) is 5.37. The van der Waals surface area contributed by atoms with Crippen molar-refractivity contribution in [3.63, 3.8) is 0 Å². The van der Waals surface area contributed by atoms with Crippen molar-refractivity contribution in [1.82, 2.24) is 0 Å². The van der Waals surface area contributed by atoms with Gasteiger partial charge in [-0.15, -0.1) is 5.88 Å². The summed E-state index contributed by atoms with van der Waals surface area (Å²) < 4.78 is 29.2. The summed E-state index contributed by atoms with van der Waals surface area (Å²) in [5.74, 6) is 0.472. The third-order valence-electron chi connectivity index (χ3n) is 1.04. The summed E-state index contributed by atoms with van der Waals surface area (Å²) in [7, 11) is -4.00. The zero-order valence-electron chi connectivity index (χ0n) is 7.85. The van der Waals surface area contributed by atoms with E-state index in [4.69, 9.17) is 16.2 Å². The van der Waals surface area contributed by atoms with Crippen molar-refractivity contribution in [2.75, 3.05) is 5.88 Å². The van der Waals surface area contributed by atoms with E-state index in [2.05, 4.69) is 6.92 Å². The largest absolute Gasteiger partial charge is 1.00 e. The maximum absolute atomic E-state index is 10.4. The van der Waals surface area contributed by atoms with Crippen LogP contribution < -0.4 is 29.6 Å². The molecule has 1 rings (SSSR count). The van der Waals surface area contributed by atoms with Crippen molar-refractivity contribution < 1.29 is 42.5 Å². The molecule has 0 aliphatic rings. The van der Waals surface area contributed by atoms with Crippen molar-refractivity contribution in [2.45, 2.75) is 4.90 Å². The minimum Gasteiger partial charge on any atom is -0.329 e. The van der Waals surface area contributed by atoms with E-state index in [-0.39, 0.29) is 34.5 Å². The molecule has 1 aromatic rings. The minimum atomic E-state index is -4.00. The van der Waals surface area contributed by atoms with Gasteiger partial charge >= 0.3 is 29.6 Å². The third-order valence-corrected chi connectivity index (χ3v) is 1.91. The van der Waals surface area contributed by atoms with Crippen LogP contribution in [0.4, 0.5) is 0 Å². The molecular weight excluding hydrogens is 235 g/mol. The van der Waals surface area contributed by atoms with Gasteiger partial charge in [0.15, 0.2) is 0 Å². The van der Waals surface area contributed by atoms with Gasteiger partial charge in [-0.05, 0) is 12.1 Å². The molecule has 0 heterocycles. The number of benzene rings is 1. The Balaban J connectivity index is 0. The quantitative estimate of drug-likeness (QED) is 0.298. The molecule has 0 bridgehead atoms. The molecule has 0 fully saturated rings. The Morgan fingerprint density at radius 1 is 1.29 bits per heavy atom. The molecule has 0 aliphatic heterocycles. The Kier molecular flexibility index (Phi) is 10.5. The van der Waals surface area contributed by atoms with Crippen LogP contribution in [0.25, 0.3) is 0 Å². The summed E-state index contributed by atoms with van der Waals surface area (Å²) in [6.07, 6.45) is 0. The van der Waals surface area contributed by atoms with Crippen LogP contribution in [0.5, 0.6) is 0 Å². The molecule has 74 valence electrons. The van der Waals surface area contributed by atoms with E-state index in [1.54, 1.807) is 18.2 Å². The van der Waals surface area contributed by atoms with Crippen molar-refractivity contribution in [1.29, 1.82) is 0 Å². The number of halogens is 1. The third kappa shape index (κ3) is 7.79. The number of hydrogen-bond acceptors (Lipinski definition) is 2. The predicted octanol–water partition coefficient (Wildman–Crippen LogP) is -1.00. The number of alkyl halides is 1. The van der Waals surface area contributed by atoms with E-state index in [1.807, 2.05) is 0 Å². The van der Waals surface area contributed by atoms with E-state index >= 15 is 0 Å². The van der Waals surface area contributed by atoms with Crippen LogP contribution in [0.2, 0.25) is 0 Å². The van der Waals surface area contributed by atoms with Crippen LogP contribution in [0, 0.1) is 6.92 Å². The van der Waals surface area contributed by atoms with Crippen LogP contribution in [0.15, 0.2) is 35.2 Å². The van der Waals surface area contributed by atoms with E-state index in [9.17, 15) is 8.42 Å². The molecule has 6 heteroatoms. The van der Waals surface area contributed by atoms with Gasteiger partial charge in [-0.2, -0.15) is 20.0 Å². The van der Waals surface area contributed by atoms with Gasteiger partial charge < -0.3 is 6.92 Å². The van der Waals surface area contributed by atoms with Gasteiger partial charge in [0.05, 0.1) is 4.90 Å². The van der Waals surface area contributed by atoms with Crippen LogP contribution in [-0.4, -0.2) is 18.9 Å². The molecule has 0 atom stereocenters. The zero-order chi connectivity index (χ0) is 10.3. The van der Waals surface area contributed by atoms with Crippen molar-refractivity contribution in [2.24, 2.45) is 0 Å². The second-order valence-corrected chi connectivity index (χ2v) is 3.78. The molecule has 0 saturated carbocycles. The van der Waals surface area contributed by atoms with Gasteiger partial charge in [-0.25, -0.2) is 0 Å². The fourth-order valence-corrected chi connectivity index (χ4v) is 1.09. The Morgan fingerprint density at radius 2 is 1.64 bits per heavy atom. The molecule has 1 aromatic carbocycles. The molecule has 0 amide bonds. The van der Waals surface area contributed by atoms with Crippen LogP contribution in [-0.2, 0) is 10.1 Å². The average molecular weight is 245 g/mol. The summed E-state index contributed by atoms with van der Waals surface area (Å²) in [5, 5.41) is 0. The molecule has 0 radical (unpaired) electrons. The summed E-state index contributed by atoms with van der Waals surface area (Å²) in [4.78, 5) is -0.0741. The van der Waals surface area contributed by atoms with Gasteiger partial charge in [0.2, 0.25) is 0 Å². The molecule has 0 aliphatic carbocycles. The van der Waals surface area contributed by atoms with Crippen molar-refractivity contribution in [3.05, 3.63) is 37.3 Å². The van der Waals surface area contributed by atoms with Gasteiger partial charge in [-0.1, -0.05) is 18.2 Å². The molecule has 0 aromatic heterocycles. The Labute approximate surface area is 112 Å². The van der Waals surface area contributed by atoms with Gasteiger partial charge in [0, 0.05) is 0 Å². The molecule has 14 heavy (non-hydrogen) atoms. The monoisotopic (exact) mass is 244 g/mol. The number of hydrogen-bond donors (Lipinski definition) is 1. The first kappa shape index (κ1) is 16.8. The fourth-order valence-electron chi connectivity index (χ4n) is 0.592. The molecule has 3 nitrogen and oxygen atoms in total. The van der Waals surface area contributed by atoms with Gasteiger partial charge in [-0.3, -0.25) is 4.55 Å². The Morgan fingerprint density at radius 3 is 1.86 bits per heavy atom. The zero-order valence-corrected chi connectivity index (χ0v) is 11.4. The van der Waals surface area contributed by atoms with E-state index in [0.29, 0.717) is 5.88 Å². The first-order valence-electron chi connectivity index (χ1n) is 3.40. The molecule has 0 saturated heterocycles. The molecular formula is C8H10ClNaO3S. The molecule has 0 unspecified atom stereocenters. The fraction of sp³-hybridized carbons (Fsp3) is 0.125. The number of rotatable bonds is 1. The maximum Gasteiger partial charge on any atom is 1.00 e. The normalized spacial score (nSPS) is 9.36. The SMILES string of the molecule is O=S(=O)(O)c1ccccc1.[CH2-]CCl.[Na+]. The maximum atomic E-state index is 10.4. The van der Waals surface area contributed by atoms with Crippen molar-refractivity contribution in [3.8, 4) is 0 Å². The van der Waals surface area contributed by atoms with E-state index in [0.717, 1.165) is 0 Å². The summed E-state index contributed by atoms with van der Waals surface area (Å²) in [6.45, 7) is 3.25. The summed E-state index contributed by atoms with van der Waals surface area (Å²) in [5.41, 5.74) is 0. The molecule has 1 N–H and O–H groups in total. The van der Waals surface area contributed by atoms with E-state index < -0.39 is 10.1 Å². The second-order valence-electron chi connectivity index (χ2n) is 1.98. The standard InChI is InChI=1S/C6H6O3S.C2H4Cl.Na/c7-10(8,9)6-4-2-1-3-5-6;1-2-3;/h1-5H,(H,7,8,9);1-2H2;/q;-1;+1. The average Bonchev–Trinajstić information content (AvgIpc) is 2.06. The van der Waals surface area contributed by atoms with Crippen LogP contribution in [0.1, 0.15) is 0 Å². The summed E-state index contributed by atoms with van der Waals surface area (Å²) in [6, 6.07) is 7.42. The predicted molar refractivity (Wildman–Crippen MR) is 52.3 cm³/mol. The minimum absolute atomic E-state index is 0. The van der Waals surface area contributed by atoms with Crippen LogP contribution >= 0.6 is 11.6 Å². The van der Waals surface area contributed by atoms with Crippen molar-refractivity contribution >= 4 is 21.7 Å². The summed E-state index contributed by atoms with van der Waals surface area (Å²) >= 11 is 4.89. The van der Waals surface area contributed by atoms with Crippen LogP contribution in [0.3, 0.4) is 0 Å². The second kappa shape index (κ2) is 8.71. The Hall–Kier alpha value is 0.420. The smallest absolute Gasteiger partial charge is 0.329 e. The topological polar surface area (TPSA) is 54.4 Å². The molecule has 0 spiro atoms. The first-order chi connectivity index (χ1) is 6.02. The van der Waals surface area contributed by atoms with Gasteiger partial charge in [0.25, 0.3) is 10.1 Å². The van der Waals surface area contributed by atoms with E-state index in [1.165, 1.54) is 12.1 Å².